The topological polar surface area (TPSA) is 54.5 Å². The third kappa shape index (κ3) is 4.93. The first-order chi connectivity index (χ1) is 10.8. The highest BCUT2D eigenvalue weighted by Gasteiger charge is 2.32. The Hall–Kier alpha value is -1.62. The van der Waals surface area contributed by atoms with Crippen LogP contribution in [0.5, 0.6) is 0 Å². The Bertz CT molecular complexity index is 675. The lowest BCUT2D eigenvalue weighted by molar-refractivity contribution is -0.130. The lowest BCUT2D eigenvalue weighted by Gasteiger charge is -2.22. The molecule has 0 N–H and O–H groups in total. The van der Waals surface area contributed by atoms with Gasteiger partial charge in [-0.25, -0.2) is 8.42 Å². The van der Waals surface area contributed by atoms with Crippen LogP contribution in [0.1, 0.15) is 43.7 Å². The van der Waals surface area contributed by atoms with Gasteiger partial charge in [-0.3, -0.25) is 4.79 Å². The maximum Gasteiger partial charge on any atom is 0.226 e. The molecule has 0 saturated carbocycles. The highest BCUT2D eigenvalue weighted by atomic mass is 32.2. The lowest BCUT2D eigenvalue weighted by Crippen LogP contribution is -2.37. The van der Waals surface area contributed by atoms with Crippen LogP contribution < -0.4 is 0 Å². The minimum Gasteiger partial charge on any atom is -0.341 e. The van der Waals surface area contributed by atoms with E-state index in [0.717, 1.165) is 5.56 Å². The summed E-state index contributed by atoms with van der Waals surface area (Å²) < 4.78 is 23.0. The fraction of sp³-hybridized carbons (Fsp3) is 0.500. The second-order valence-corrected chi connectivity index (χ2v) is 8.72. The molecule has 1 fully saturated rings. The van der Waals surface area contributed by atoms with Crippen LogP contribution in [0.15, 0.2) is 30.3 Å². The highest BCUT2D eigenvalue weighted by Crippen LogP contribution is 2.18. The van der Waals surface area contributed by atoms with Crippen LogP contribution in [0.2, 0.25) is 0 Å². The third-order valence-electron chi connectivity index (χ3n) is 4.36. The van der Waals surface area contributed by atoms with Gasteiger partial charge in [0.15, 0.2) is 9.84 Å². The number of carbonyl (C=O) groups excluding carboxylic acids is 1. The molecule has 1 heterocycles. The first-order valence-corrected chi connectivity index (χ1v) is 9.83. The quantitative estimate of drug-likeness (QED) is 0.831. The van der Waals surface area contributed by atoms with Crippen molar-refractivity contribution in [3.63, 3.8) is 0 Å². The molecule has 126 valence electrons. The van der Waals surface area contributed by atoms with Crippen LogP contribution in [0, 0.1) is 0 Å². The molecular weight excluding hydrogens is 310 g/mol. The number of rotatable bonds is 5. The van der Waals surface area contributed by atoms with E-state index in [2.05, 4.69) is 26.0 Å². The van der Waals surface area contributed by atoms with Crippen molar-refractivity contribution in [2.75, 3.05) is 18.6 Å². The molecule has 1 aromatic carbocycles. The van der Waals surface area contributed by atoms with Gasteiger partial charge < -0.3 is 4.90 Å². The predicted octanol–water partition coefficient (Wildman–Crippen LogP) is 2.86. The first-order valence-electron chi connectivity index (χ1n) is 8.01. The maximum atomic E-state index is 12.2. The van der Waals surface area contributed by atoms with Crippen LogP contribution in [0.3, 0.4) is 0 Å². The molecule has 2 rings (SSSR count). The first kappa shape index (κ1) is 17.7. The van der Waals surface area contributed by atoms with Gasteiger partial charge in [0.1, 0.15) is 0 Å². The molecule has 1 atom stereocenters. The Morgan fingerprint density at radius 3 is 2.48 bits per heavy atom. The van der Waals surface area contributed by atoms with E-state index < -0.39 is 9.84 Å². The fourth-order valence-electron chi connectivity index (χ4n) is 2.72. The number of sulfone groups is 1. The molecule has 0 bridgehead atoms. The molecule has 0 radical (unpaired) electrons. The molecule has 0 aliphatic carbocycles. The average molecular weight is 335 g/mol. The van der Waals surface area contributed by atoms with Crippen LogP contribution in [-0.2, 0) is 14.6 Å². The van der Waals surface area contributed by atoms with Crippen molar-refractivity contribution in [1.82, 2.24) is 4.90 Å². The van der Waals surface area contributed by atoms with Crippen LogP contribution in [0.25, 0.3) is 6.08 Å². The molecule has 1 aliphatic rings. The number of amides is 1. The van der Waals surface area contributed by atoms with Gasteiger partial charge >= 0.3 is 0 Å². The van der Waals surface area contributed by atoms with E-state index >= 15 is 0 Å². The van der Waals surface area contributed by atoms with E-state index in [9.17, 15) is 13.2 Å². The van der Waals surface area contributed by atoms with Gasteiger partial charge in [0.05, 0.1) is 11.5 Å². The average Bonchev–Trinajstić information content (AvgIpc) is 2.87. The molecule has 1 unspecified atom stereocenters. The van der Waals surface area contributed by atoms with Crippen LogP contribution in [-0.4, -0.2) is 43.8 Å². The van der Waals surface area contributed by atoms with Crippen LogP contribution in [0.4, 0.5) is 0 Å². The van der Waals surface area contributed by atoms with E-state index in [1.165, 1.54) is 5.56 Å². The van der Waals surface area contributed by atoms with E-state index in [1.54, 1.807) is 11.9 Å². The molecule has 5 heteroatoms. The molecule has 0 spiro atoms. The number of hydrogen-bond donors (Lipinski definition) is 0. The SMILES string of the molecule is CC(C)c1ccc(C=CCC(=O)N(C)C2CCS(=O)(=O)C2)cc1. The zero-order valence-electron chi connectivity index (χ0n) is 14.0. The van der Waals surface area contributed by atoms with Gasteiger partial charge in [0, 0.05) is 19.5 Å². The molecule has 1 saturated heterocycles. The summed E-state index contributed by atoms with van der Waals surface area (Å²) in [7, 11) is -1.27. The van der Waals surface area contributed by atoms with E-state index in [-0.39, 0.29) is 23.5 Å². The van der Waals surface area contributed by atoms with Gasteiger partial charge in [-0.2, -0.15) is 0 Å². The maximum absolute atomic E-state index is 12.2. The minimum absolute atomic E-state index is 0.0397. The summed E-state index contributed by atoms with van der Waals surface area (Å²) in [4.78, 5) is 13.7. The number of hydrogen-bond acceptors (Lipinski definition) is 3. The Balaban J connectivity index is 1.88. The van der Waals surface area contributed by atoms with Crippen molar-refractivity contribution in [3.05, 3.63) is 41.5 Å². The lowest BCUT2D eigenvalue weighted by atomic mass is 10.0. The smallest absolute Gasteiger partial charge is 0.226 e. The summed E-state index contributed by atoms with van der Waals surface area (Å²) in [5.41, 5.74) is 2.36. The number of nitrogens with zero attached hydrogens (tertiary/aromatic N) is 1. The normalized spacial score (nSPS) is 20.3. The second kappa shape index (κ2) is 7.30. The second-order valence-electron chi connectivity index (χ2n) is 6.49. The summed E-state index contributed by atoms with van der Waals surface area (Å²) in [6.07, 6.45) is 4.61. The van der Waals surface area contributed by atoms with Crippen molar-refractivity contribution in [2.45, 2.75) is 38.6 Å². The summed E-state index contributed by atoms with van der Waals surface area (Å²) in [6, 6.07) is 8.11. The standard InChI is InChI=1S/C18H25NO3S/c1-14(2)16-9-7-15(8-10-16)5-4-6-18(20)19(3)17-11-12-23(21,22)13-17/h4-5,7-10,14,17H,6,11-13H2,1-3H3. The summed E-state index contributed by atoms with van der Waals surface area (Å²) in [6.45, 7) is 4.31. The predicted molar refractivity (Wildman–Crippen MR) is 94.0 cm³/mol. The number of benzene rings is 1. The zero-order chi connectivity index (χ0) is 17.0. The van der Waals surface area contributed by atoms with E-state index in [0.29, 0.717) is 18.8 Å². The Morgan fingerprint density at radius 1 is 1.30 bits per heavy atom. The van der Waals surface area contributed by atoms with Gasteiger partial charge in [-0.05, 0) is 23.5 Å². The van der Waals surface area contributed by atoms with E-state index in [1.807, 2.05) is 24.3 Å². The van der Waals surface area contributed by atoms with Gasteiger partial charge in [0.2, 0.25) is 5.91 Å². The van der Waals surface area contributed by atoms with E-state index in [4.69, 9.17) is 0 Å². The van der Waals surface area contributed by atoms with Crippen LogP contribution >= 0.6 is 0 Å². The Morgan fingerprint density at radius 2 is 1.96 bits per heavy atom. The van der Waals surface area contributed by atoms with Crippen molar-refractivity contribution in [1.29, 1.82) is 0 Å². The summed E-state index contributed by atoms with van der Waals surface area (Å²) in [5.74, 6) is 0.747. The molecule has 0 aromatic heterocycles. The highest BCUT2D eigenvalue weighted by molar-refractivity contribution is 7.91. The summed E-state index contributed by atoms with van der Waals surface area (Å²) >= 11 is 0. The number of carbonyl (C=O) groups is 1. The zero-order valence-corrected chi connectivity index (χ0v) is 14.8. The van der Waals surface area contributed by atoms with Crippen molar-refractivity contribution >= 4 is 21.8 Å². The van der Waals surface area contributed by atoms with Crippen molar-refractivity contribution in [2.24, 2.45) is 0 Å². The minimum atomic E-state index is -2.96. The monoisotopic (exact) mass is 335 g/mol. The van der Waals surface area contributed by atoms with Gasteiger partial charge in [0.25, 0.3) is 0 Å². The van der Waals surface area contributed by atoms with Crippen molar-refractivity contribution < 1.29 is 13.2 Å². The molecular formula is C18H25NO3S. The van der Waals surface area contributed by atoms with Crippen molar-refractivity contribution in [3.8, 4) is 0 Å². The third-order valence-corrected chi connectivity index (χ3v) is 6.11. The largest absolute Gasteiger partial charge is 0.341 e. The molecule has 1 aliphatic heterocycles. The fourth-order valence-corrected chi connectivity index (χ4v) is 4.49. The molecule has 23 heavy (non-hydrogen) atoms. The molecule has 1 amide bonds. The molecule has 4 nitrogen and oxygen atoms in total. The van der Waals surface area contributed by atoms with Gasteiger partial charge in [-0.15, -0.1) is 0 Å². The van der Waals surface area contributed by atoms with Gasteiger partial charge in [-0.1, -0.05) is 50.3 Å². The Labute approximate surface area is 139 Å². The summed E-state index contributed by atoms with van der Waals surface area (Å²) in [5, 5.41) is 0. The molecule has 1 aromatic rings. The Kier molecular flexibility index (Phi) is 5.63.